The predicted octanol–water partition coefficient (Wildman–Crippen LogP) is 12.7. The van der Waals surface area contributed by atoms with Crippen LogP contribution < -0.4 is 3.86 Å². The van der Waals surface area contributed by atoms with Gasteiger partial charge in [0.05, 0.1) is 0 Å². The van der Waals surface area contributed by atoms with E-state index in [0.29, 0.717) is 47.8 Å². The van der Waals surface area contributed by atoms with Gasteiger partial charge in [-0.25, -0.2) is 0 Å². The molecule has 0 radical (unpaired) electrons. The Morgan fingerprint density at radius 1 is 0.725 bits per heavy atom. The van der Waals surface area contributed by atoms with Crippen molar-refractivity contribution in [1.82, 2.24) is 18.0 Å². The third-order valence-corrected chi connectivity index (χ3v) is 27.8. The zero-order valence-corrected chi connectivity index (χ0v) is 41.5. The molecule has 1 aromatic rings. The molecule has 1 aromatic carbocycles. The summed E-state index contributed by atoms with van der Waals surface area (Å²) < 4.78 is 19.3. The molecule has 51 heavy (non-hydrogen) atoms. The minimum atomic E-state index is -1.83. The van der Waals surface area contributed by atoms with Gasteiger partial charge in [-0.2, -0.15) is 0 Å². The van der Waals surface area contributed by atoms with Crippen LogP contribution in [0.3, 0.4) is 0 Å². The number of nitrogens with zero attached hydrogens (tertiary/aromatic N) is 5. The molecule has 0 aromatic heterocycles. The molecule has 4 rings (SSSR count). The monoisotopic (exact) mass is 815 g/mol. The van der Waals surface area contributed by atoms with Crippen molar-refractivity contribution in [3.63, 3.8) is 0 Å². The summed E-state index contributed by atoms with van der Waals surface area (Å²) >= 11 is -0.828. The number of hydrogen-bond acceptors (Lipinski definition) is 5. The summed E-state index contributed by atoms with van der Waals surface area (Å²) in [5, 5.41) is 1.84. The van der Waals surface area contributed by atoms with Crippen LogP contribution in [0.4, 0.5) is 5.69 Å². The molecule has 3 aliphatic rings. The molecule has 1 saturated heterocycles. The topological polar surface area (TPSA) is 16.2 Å². The minimum absolute atomic E-state index is 0.139. The molecule has 2 unspecified atom stereocenters. The van der Waals surface area contributed by atoms with Crippen molar-refractivity contribution in [2.45, 2.75) is 204 Å². The van der Waals surface area contributed by atoms with Gasteiger partial charge in [-0.3, -0.25) is 0 Å². The number of benzene rings is 1. The van der Waals surface area contributed by atoms with E-state index in [0.717, 1.165) is 0 Å². The molecule has 0 amide bonds. The Bertz CT molecular complexity index is 1390. The second-order valence-electron chi connectivity index (χ2n) is 19.8. The van der Waals surface area contributed by atoms with Crippen LogP contribution in [-0.4, -0.2) is 76.7 Å². The van der Waals surface area contributed by atoms with Crippen LogP contribution in [0.15, 0.2) is 29.2 Å². The summed E-state index contributed by atoms with van der Waals surface area (Å²) in [6.07, 6.45) is 4.04. The van der Waals surface area contributed by atoms with E-state index in [1.165, 1.54) is 30.4 Å². The fourth-order valence-electron chi connectivity index (χ4n) is 9.89. The van der Waals surface area contributed by atoms with E-state index in [4.69, 9.17) is 0 Å². The van der Waals surface area contributed by atoms with Gasteiger partial charge < -0.3 is 0 Å². The molecule has 0 spiro atoms. The Hall–Kier alpha value is -0.000260. The zero-order valence-electron chi connectivity index (χ0n) is 36.6. The van der Waals surface area contributed by atoms with E-state index in [9.17, 15) is 0 Å². The zero-order chi connectivity index (χ0) is 38.7. The molecule has 0 N–H and O–H groups in total. The van der Waals surface area contributed by atoms with Crippen LogP contribution in [0.2, 0.25) is 13.1 Å². The Kier molecular flexibility index (Phi) is 13.9. The first-order valence-corrected chi connectivity index (χ1v) is 27.7. The van der Waals surface area contributed by atoms with Crippen molar-refractivity contribution < 1.29 is 0 Å². The first-order chi connectivity index (χ1) is 23.3. The third kappa shape index (κ3) is 8.56. The molecular weight excluding hydrogens is 737 g/mol. The van der Waals surface area contributed by atoms with E-state index < -0.39 is 39.9 Å². The number of allylic oxidation sites excluding steroid dienone is 2. The first kappa shape index (κ1) is 43.7. The molecule has 1 heterocycles. The second kappa shape index (κ2) is 16.2. The van der Waals surface area contributed by atoms with Crippen LogP contribution >= 0.6 is 16.4 Å². The summed E-state index contributed by atoms with van der Waals surface area (Å²) in [7, 11) is -3.12. The fraction of sp³-hybridized carbons (Fsp3) is 0.786. The Balaban J connectivity index is 2.15. The van der Waals surface area contributed by atoms with Crippen molar-refractivity contribution >= 4 is 45.6 Å². The summed E-state index contributed by atoms with van der Waals surface area (Å²) in [6.45, 7) is 49.1. The van der Waals surface area contributed by atoms with Gasteiger partial charge in [-0.15, -0.1) is 0 Å². The molecule has 2 aliphatic carbocycles. The van der Waals surface area contributed by atoms with Crippen molar-refractivity contribution in [3.05, 3.63) is 40.3 Å². The van der Waals surface area contributed by atoms with Crippen molar-refractivity contribution in [3.8, 4) is 4.40 Å². The van der Waals surface area contributed by atoms with E-state index in [-0.39, 0.29) is 11.1 Å². The number of rotatable bonds is 11. The molecule has 1 aliphatic heterocycles. The molecular formula is C42H77GeN5P2Si. The van der Waals surface area contributed by atoms with Gasteiger partial charge in [0, 0.05) is 0 Å². The summed E-state index contributed by atoms with van der Waals surface area (Å²) in [5.74, 6) is 2.27. The van der Waals surface area contributed by atoms with Crippen LogP contribution in [0.1, 0.15) is 167 Å². The van der Waals surface area contributed by atoms with E-state index >= 15 is 0 Å². The quantitative estimate of drug-likeness (QED) is 0.163. The van der Waals surface area contributed by atoms with E-state index in [1.807, 2.05) is 5.31 Å². The van der Waals surface area contributed by atoms with Crippen LogP contribution in [-0.2, 0) is 0 Å². The van der Waals surface area contributed by atoms with Gasteiger partial charge in [0.25, 0.3) is 0 Å². The van der Waals surface area contributed by atoms with Gasteiger partial charge in [0.1, 0.15) is 0 Å². The molecule has 2 fully saturated rings. The standard InChI is InChI=1S/C42H77GeN5P2Si/c1-28(2)36-22-21-23-37(29(3)4)39(36)44(43-27-49(45(30(5)6)31(7)8)46(32(9)10)33(11)12)38-34-24-25-35(26-34)40(38)50-47(41(13,14)15)51(19,20)48(50)42(16,17)18/h21-23,28-35H,24-26H2,1-20H3. The third-order valence-electron chi connectivity index (χ3n) is 11.0. The number of fused-ring (bicyclic) bond motifs is 2. The Labute approximate surface area is 326 Å². The van der Waals surface area contributed by atoms with Gasteiger partial charge >= 0.3 is 328 Å². The van der Waals surface area contributed by atoms with Crippen molar-refractivity contribution in [1.29, 1.82) is 0 Å². The molecule has 2 atom stereocenters. The SMILES string of the molecule is CC(C)c1cccc(C(C)C)c1[N]([Ge]#[C]P(N(C(C)C)C(C)C)N(C(C)C)C(C)C)C1=C(P2N(C(C)(C)C)[Si](C)(C)N2C(C)(C)C)C2CCC1C2. The van der Waals surface area contributed by atoms with Crippen molar-refractivity contribution in [2.75, 3.05) is 3.86 Å². The Morgan fingerprint density at radius 2 is 1.14 bits per heavy atom. The molecule has 9 heteroatoms. The van der Waals surface area contributed by atoms with Crippen LogP contribution in [0, 0.1) is 16.2 Å². The molecule has 288 valence electrons. The van der Waals surface area contributed by atoms with Gasteiger partial charge in [0.2, 0.25) is 0 Å². The van der Waals surface area contributed by atoms with E-state index in [1.54, 1.807) is 11.4 Å². The number of anilines is 1. The number of hydrogen-bond donors (Lipinski definition) is 0. The van der Waals surface area contributed by atoms with Gasteiger partial charge in [-0.1, -0.05) is 0 Å². The average molecular weight is 815 g/mol. The summed E-state index contributed by atoms with van der Waals surface area (Å²) in [4.78, 5) is 0. The normalized spacial score (nSPS) is 22.0. The summed E-state index contributed by atoms with van der Waals surface area (Å²) in [5.41, 5.74) is 6.61. The van der Waals surface area contributed by atoms with Crippen molar-refractivity contribution in [2.24, 2.45) is 11.8 Å². The first-order valence-electron chi connectivity index (χ1n) is 20.3. The maximum atomic E-state index is 4.53. The maximum absolute atomic E-state index is 4.53. The van der Waals surface area contributed by atoms with Gasteiger partial charge in [0.15, 0.2) is 0 Å². The van der Waals surface area contributed by atoms with E-state index in [2.05, 4.69) is 182 Å². The summed E-state index contributed by atoms with van der Waals surface area (Å²) in [6, 6.07) is 9.09. The molecule has 5 nitrogen and oxygen atoms in total. The molecule has 1 saturated carbocycles. The number of para-hydroxylation sites is 1. The van der Waals surface area contributed by atoms with Gasteiger partial charge in [-0.05, 0) is 0 Å². The second-order valence-corrected chi connectivity index (χ2v) is 30.8. The van der Waals surface area contributed by atoms with Crippen LogP contribution in [0.25, 0.3) is 0 Å². The van der Waals surface area contributed by atoms with Crippen LogP contribution in [0.5, 0.6) is 0 Å². The average Bonchev–Trinajstić information content (AvgIpc) is 3.55. The Morgan fingerprint density at radius 3 is 1.51 bits per heavy atom. The molecule has 2 bridgehead atoms. The fourth-order valence-corrected chi connectivity index (χ4v) is 27.9. The predicted molar refractivity (Wildman–Crippen MR) is 233 cm³/mol.